The van der Waals surface area contributed by atoms with Crippen molar-refractivity contribution in [3.8, 4) is 11.5 Å². The lowest BCUT2D eigenvalue weighted by molar-refractivity contribution is -0.0511. The molecule has 154 valence electrons. The Morgan fingerprint density at radius 1 is 1.21 bits per heavy atom. The van der Waals surface area contributed by atoms with Gasteiger partial charge in [0.15, 0.2) is 23.2 Å². The third kappa shape index (κ3) is 3.44. The van der Waals surface area contributed by atoms with E-state index in [2.05, 4.69) is 20.3 Å². The Morgan fingerprint density at radius 2 is 2.03 bits per heavy atom. The van der Waals surface area contributed by atoms with Crippen molar-refractivity contribution in [2.75, 3.05) is 19.0 Å². The molecule has 11 nitrogen and oxygen atoms in total. The summed E-state index contributed by atoms with van der Waals surface area (Å²) in [6.45, 7) is -0.0616. The third-order valence-corrected chi connectivity index (χ3v) is 4.87. The minimum absolute atomic E-state index is 0.104. The maximum absolute atomic E-state index is 10.3. The molecule has 0 aliphatic carbocycles. The molecule has 11 heteroatoms. The molecule has 3 heterocycles. The second kappa shape index (κ2) is 7.79. The molecule has 0 amide bonds. The van der Waals surface area contributed by atoms with Gasteiger partial charge in [0.05, 0.1) is 20.0 Å². The van der Waals surface area contributed by atoms with E-state index in [-0.39, 0.29) is 5.75 Å². The van der Waals surface area contributed by atoms with Crippen molar-refractivity contribution in [1.82, 2.24) is 19.5 Å². The average molecular weight is 403 g/mol. The van der Waals surface area contributed by atoms with Gasteiger partial charge in [-0.25, -0.2) is 15.0 Å². The first-order chi connectivity index (χ1) is 14.0. The van der Waals surface area contributed by atoms with E-state index in [1.165, 1.54) is 30.4 Å². The Hall–Kier alpha value is -2.99. The molecule has 3 aromatic rings. The zero-order valence-electron chi connectivity index (χ0n) is 15.5. The van der Waals surface area contributed by atoms with E-state index >= 15 is 0 Å². The van der Waals surface area contributed by atoms with Gasteiger partial charge in [-0.2, -0.15) is 0 Å². The molecule has 1 aromatic carbocycles. The number of aromatic nitrogens is 4. The van der Waals surface area contributed by atoms with Gasteiger partial charge in [0.25, 0.3) is 0 Å². The fraction of sp³-hybridized carbons (Fsp3) is 0.389. The molecule has 1 unspecified atom stereocenters. The lowest BCUT2D eigenvalue weighted by Crippen LogP contribution is -2.33. The first-order valence-electron chi connectivity index (χ1n) is 8.93. The van der Waals surface area contributed by atoms with Crippen molar-refractivity contribution in [2.24, 2.45) is 0 Å². The first kappa shape index (κ1) is 19.3. The normalized spacial score (nSPS) is 24.1. The molecule has 2 aromatic heterocycles. The van der Waals surface area contributed by atoms with Gasteiger partial charge < -0.3 is 35.2 Å². The molecule has 4 atom stereocenters. The van der Waals surface area contributed by atoms with E-state index in [0.29, 0.717) is 29.3 Å². The van der Waals surface area contributed by atoms with Gasteiger partial charge in [-0.1, -0.05) is 0 Å². The van der Waals surface area contributed by atoms with Gasteiger partial charge in [0.2, 0.25) is 0 Å². The van der Waals surface area contributed by atoms with Crippen molar-refractivity contribution in [3.05, 3.63) is 36.4 Å². The highest BCUT2D eigenvalue weighted by Crippen LogP contribution is 2.32. The number of benzene rings is 1. The van der Waals surface area contributed by atoms with E-state index in [1.807, 2.05) is 0 Å². The summed E-state index contributed by atoms with van der Waals surface area (Å²) in [6.07, 6.45) is -1.51. The number of methoxy groups -OCH3 is 1. The zero-order valence-corrected chi connectivity index (χ0v) is 15.5. The Bertz CT molecular complexity index is 1010. The molecule has 0 bridgehead atoms. The molecule has 1 saturated heterocycles. The summed E-state index contributed by atoms with van der Waals surface area (Å²) in [5, 5.41) is 42.3. The fourth-order valence-electron chi connectivity index (χ4n) is 3.34. The summed E-state index contributed by atoms with van der Waals surface area (Å²) in [7, 11) is 1.52. The zero-order chi connectivity index (χ0) is 20.5. The maximum Gasteiger partial charge on any atom is 0.167 e. The van der Waals surface area contributed by atoms with Crippen LogP contribution in [0.4, 0.5) is 5.82 Å². The maximum atomic E-state index is 10.3. The summed E-state index contributed by atoms with van der Waals surface area (Å²) >= 11 is 0. The van der Waals surface area contributed by atoms with Crippen LogP contribution in [0, 0.1) is 0 Å². The molecule has 1 aliphatic heterocycles. The van der Waals surface area contributed by atoms with Crippen LogP contribution in [0.2, 0.25) is 0 Å². The highest BCUT2D eigenvalue weighted by molar-refractivity contribution is 5.82. The Balaban J connectivity index is 1.60. The topological polar surface area (TPSA) is 155 Å². The lowest BCUT2D eigenvalue weighted by Gasteiger charge is -2.16. The number of nitrogens with one attached hydrogen (secondary N) is 1. The number of phenolic OH excluding ortho intramolecular Hbond substituents is 1. The molecule has 29 heavy (non-hydrogen) atoms. The number of rotatable bonds is 6. The number of anilines is 1. The number of phenols is 1. The molecular weight excluding hydrogens is 382 g/mol. The molecule has 5 N–H and O–H groups in total. The summed E-state index contributed by atoms with van der Waals surface area (Å²) in [5.74, 6) is 1.09. The predicted octanol–water partition coefficient (Wildman–Crippen LogP) is -0.236. The molecule has 4 rings (SSSR count). The summed E-state index contributed by atoms with van der Waals surface area (Å²) in [4.78, 5) is 12.7. The van der Waals surface area contributed by atoms with Crippen LogP contribution < -0.4 is 10.1 Å². The molecule has 0 spiro atoms. The number of hydrogen-bond acceptors (Lipinski definition) is 10. The van der Waals surface area contributed by atoms with Crippen LogP contribution in [0.5, 0.6) is 11.5 Å². The smallest absolute Gasteiger partial charge is 0.167 e. The predicted molar refractivity (Wildman–Crippen MR) is 100 cm³/mol. The van der Waals surface area contributed by atoms with Gasteiger partial charge in [0, 0.05) is 18.2 Å². The van der Waals surface area contributed by atoms with Crippen LogP contribution in [0.25, 0.3) is 11.2 Å². The van der Waals surface area contributed by atoms with Crippen LogP contribution in [-0.4, -0.2) is 72.0 Å². The number of aliphatic hydroxyl groups excluding tert-OH is 3. The van der Waals surface area contributed by atoms with Gasteiger partial charge >= 0.3 is 0 Å². The SMILES string of the molecule is COc1cc(O)ccc1CNc1ncnc2c1ncn2C1O[C@H](CO)[C@@H](O)[C@@H]1O. The molecule has 1 fully saturated rings. The van der Waals surface area contributed by atoms with E-state index in [4.69, 9.17) is 9.47 Å². The number of ether oxygens (including phenoxy) is 2. The second-order valence-corrected chi connectivity index (χ2v) is 6.62. The Kier molecular flexibility index (Phi) is 5.20. The van der Waals surface area contributed by atoms with Gasteiger partial charge in [-0.05, 0) is 12.1 Å². The minimum Gasteiger partial charge on any atom is -0.508 e. The third-order valence-electron chi connectivity index (χ3n) is 4.87. The fourth-order valence-corrected chi connectivity index (χ4v) is 3.34. The monoisotopic (exact) mass is 403 g/mol. The van der Waals surface area contributed by atoms with Gasteiger partial charge in [-0.3, -0.25) is 4.57 Å². The molecule has 0 saturated carbocycles. The number of imidazole rings is 1. The van der Waals surface area contributed by atoms with Crippen LogP contribution in [0.1, 0.15) is 11.8 Å². The Morgan fingerprint density at radius 3 is 2.76 bits per heavy atom. The molecule has 1 aliphatic rings. The molecule has 0 radical (unpaired) electrons. The summed E-state index contributed by atoms with van der Waals surface area (Å²) < 4.78 is 12.3. The van der Waals surface area contributed by atoms with E-state index in [9.17, 15) is 20.4 Å². The van der Waals surface area contributed by atoms with Crippen LogP contribution >= 0.6 is 0 Å². The van der Waals surface area contributed by atoms with E-state index in [1.54, 1.807) is 12.1 Å². The van der Waals surface area contributed by atoms with E-state index in [0.717, 1.165) is 5.56 Å². The average Bonchev–Trinajstić information content (AvgIpc) is 3.28. The Labute approximate surface area is 165 Å². The van der Waals surface area contributed by atoms with Crippen LogP contribution in [0.3, 0.4) is 0 Å². The van der Waals surface area contributed by atoms with E-state index < -0.39 is 31.1 Å². The van der Waals surface area contributed by atoms with Gasteiger partial charge in [0.1, 0.15) is 36.1 Å². The van der Waals surface area contributed by atoms with Gasteiger partial charge in [-0.15, -0.1) is 0 Å². The van der Waals surface area contributed by atoms with Crippen LogP contribution in [0.15, 0.2) is 30.9 Å². The molecular formula is C18H21N5O6. The van der Waals surface area contributed by atoms with Crippen molar-refractivity contribution >= 4 is 17.0 Å². The second-order valence-electron chi connectivity index (χ2n) is 6.62. The highest BCUT2D eigenvalue weighted by atomic mass is 16.6. The largest absolute Gasteiger partial charge is 0.508 e. The van der Waals surface area contributed by atoms with Crippen molar-refractivity contribution in [2.45, 2.75) is 31.1 Å². The summed E-state index contributed by atoms with van der Waals surface area (Å²) in [6, 6.07) is 4.81. The highest BCUT2D eigenvalue weighted by Gasteiger charge is 2.44. The van der Waals surface area contributed by atoms with Crippen molar-refractivity contribution in [1.29, 1.82) is 0 Å². The standard InChI is InChI=1S/C18H21N5O6/c1-28-11-4-10(25)3-2-9(11)5-19-16-13-17(21-7-20-16)23(8-22-13)18-15(27)14(26)12(6-24)29-18/h2-4,7-8,12,14-15,18,24-27H,5-6H2,1H3,(H,19,20,21)/t12-,14-,15+,18?/m1/s1. The lowest BCUT2D eigenvalue weighted by atomic mass is 10.1. The number of aliphatic hydroxyl groups is 3. The number of fused-ring (bicyclic) bond motifs is 1. The minimum atomic E-state index is -1.24. The summed E-state index contributed by atoms with van der Waals surface area (Å²) in [5.41, 5.74) is 1.65. The van der Waals surface area contributed by atoms with Crippen molar-refractivity contribution < 1.29 is 29.9 Å². The van der Waals surface area contributed by atoms with Crippen LogP contribution in [-0.2, 0) is 11.3 Å². The van der Waals surface area contributed by atoms with Crippen molar-refractivity contribution in [3.63, 3.8) is 0 Å². The quantitative estimate of drug-likeness (QED) is 0.372. The first-order valence-corrected chi connectivity index (χ1v) is 8.93. The number of nitrogens with zero attached hydrogens (tertiary/aromatic N) is 4. The number of hydrogen-bond donors (Lipinski definition) is 5. The number of aromatic hydroxyl groups is 1.